The molecule has 17 heteroatoms. The number of unbranched alkanes of at least 4 members (excludes halogenated alkanes) is 3. The summed E-state index contributed by atoms with van der Waals surface area (Å²) < 4.78 is 27.4. The highest BCUT2D eigenvalue weighted by molar-refractivity contribution is 6.04. The molecule has 4 atom stereocenters. The number of likely N-dealkylation sites (tertiary alicyclic amines) is 1. The predicted molar refractivity (Wildman–Crippen MR) is 238 cm³/mol. The van der Waals surface area contributed by atoms with E-state index in [-0.39, 0.29) is 84.4 Å². The minimum Gasteiger partial charge on any atom is -0.458 e. The third kappa shape index (κ3) is 10.5. The molecule has 5 heterocycles. The van der Waals surface area contributed by atoms with Crippen molar-refractivity contribution in [1.82, 2.24) is 30.4 Å². The van der Waals surface area contributed by atoms with Gasteiger partial charge in [0.05, 0.1) is 34.9 Å². The molecular weight excluding hydrogens is 840 g/mol. The second kappa shape index (κ2) is 20.7. The molecule has 2 aromatic heterocycles. The average molecular weight is 903 g/mol. The van der Waals surface area contributed by atoms with Crippen LogP contribution in [0.25, 0.3) is 22.3 Å². The maximum atomic E-state index is 15.2. The van der Waals surface area contributed by atoms with Gasteiger partial charge in [0.15, 0.2) is 6.10 Å². The summed E-state index contributed by atoms with van der Waals surface area (Å²) in [6, 6.07) is 3.10. The van der Waals surface area contributed by atoms with Crippen molar-refractivity contribution < 1.29 is 47.7 Å². The summed E-state index contributed by atoms with van der Waals surface area (Å²) in [7, 11) is 0. The van der Waals surface area contributed by atoms with Crippen molar-refractivity contribution in [3.8, 4) is 11.4 Å². The zero-order valence-electron chi connectivity index (χ0n) is 38.6. The molecule has 3 aliphatic rings. The molecule has 1 saturated heterocycles. The Balaban J connectivity index is 0.908. The first kappa shape index (κ1) is 48.9. The summed E-state index contributed by atoms with van der Waals surface area (Å²) in [5.41, 5.74) is 3.22. The Morgan fingerprint density at radius 3 is 2.45 bits per heavy atom. The molecule has 0 saturated carbocycles. The minimum absolute atomic E-state index is 0.0977. The van der Waals surface area contributed by atoms with Gasteiger partial charge in [0.25, 0.3) is 5.56 Å². The molecule has 5 amide bonds. The molecule has 3 aromatic rings. The van der Waals surface area contributed by atoms with Crippen LogP contribution in [0, 0.1) is 30.0 Å². The highest BCUT2D eigenvalue weighted by Gasteiger charge is 2.46. The number of hydrogen-bond donors (Lipinski definition) is 4. The van der Waals surface area contributed by atoms with Crippen LogP contribution in [-0.4, -0.2) is 87.0 Å². The number of amides is 5. The Morgan fingerprint density at radius 2 is 1.74 bits per heavy atom. The zero-order valence-corrected chi connectivity index (χ0v) is 38.6. The van der Waals surface area contributed by atoms with Gasteiger partial charge in [-0.3, -0.25) is 33.7 Å². The zero-order chi connectivity index (χ0) is 47.3. The SMILES string of the molecule is CCC(C)(CC)C1CC(=O)N(CCCCCC(=O)N[C@H](C(=O)N[C@@H](C)C(=O)NCOCCCCc2c(C)c(F)cc3nc4c(cc23)Cn2c-4cc3c(c2=O)COC(=O)[C@H]3O)C(C)C)C1=O. The largest absolute Gasteiger partial charge is 0.458 e. The van der Waals surface area contributed by atoms with Crippen molar-refractivity contribution in [2.24, 2.45) is 17.3 Å². The number of aryl methyl sites for hydroxylation is 1. The van der Waals surface area contributed by atoms with E-state index in [9.17, 15) is 38.7 Å². The van der Waals surface area contributed by atoms with E-state index in [1.807, 2.05) is 19.9 Å². The molecule has 6 rings (SSSR count). The van der Waals surface area contributed by atoms with E-state index in [0.29, 0.717) is 74.1 Å². The summed E-state index contributed by atoms with van der Waals surface area (Å²) in [6.45, 7) is 13.5. The topological polar surface area (TPSA) is 215 Å². The average Bonchev–Trinajstić information content (AvgIpc) is 3.78. The van der Waals surface area contributed by atoms with Gasteiger partial charge in [-0.25, -0.2) is 14.2 Å². The maximum Gasteiger partial charge on any atom is 0.340 e. The molecule has 0 aliphatic carbocycles. The van der Waals surface area contributed by atoms with Gasteiger partial charge < -0.3 is 35.1 Å². The van der Waals surface area contributed by atoms with E-state index >= 15 is 4.39 Å². The number of carbonyl (C=O) groups is 6. The number of nitrogens with zero attached hydrogens (tertiary/aromatic N) is 3. The first-order valence-corrected chi connectivity index (χ1v) is 22.9. The number of aliphatic hydroxyl groups excluding tert-OH is 1. The number of ether oxygens (including phenoxy) is 2. The smallest absolute Gasteiger partial charge is 0.340 e. The van der Waals surface area contributed by atoms with Gasteiger partial charge in [-0.2, -0.15) is 0 Å². The maximum absolute atomic E-state index is 15.2. The van der Waals surface area contributed by atoms with Crippen LogP contribution in [-0.2, 0) is 57.8 Å². The summed E-state index contributed by atoms with van der Waals surface area (Å²) in [5, 5.41) is 19.3. The van der Waals surface area contributed by atoms with Gasteiger partial charge in [-0.15, -0.1) is 0 Å². The van der Waals surface area contributed by atoms with Gasteiger partial charge in [0.2, 0.25) is 29.5 Å². The van der Waals surface area contributed by atoms with Crippen LogP contribution in [0.1, 0.15) is 133 Å². The molecule has 1 fully saturated rings. The number of benzene rings is 1. The minimum atomic E-state index is -1.57. The summed E-state index contributed by atoms with van der Waals surface area (Å²) in [4.78, 5) is 96.0. The van der Waals surface area contributed by atoms with Gasteiger partial charge in [-0.1, -0.05) is 41.0 Å². The van der Waals surface area contributed by atoms with E-state index < -0.39 is 41.8 Å². The molecule has 3 aliphatic heterocycles. The molecule has 0 radical (unpaired) electrons. The van der Waals surface area contributed by atoms with Crippen molar-refractivity contribution in [3.05, 3.63) is 62.2 Å². The molecule has 352 valence electrons. The Kier molecular flexibility index (Phi) is 15.6. The lowest BCUT2D eigenvalue weighted by molar-refractivity contribution is -0.157. The van der Waals surface area contributed by atoms with E-state index in [1.165, 1.54) is 22.5 Å². The lowest BCUT2D eigenvalue weighted by Gasteiger charge is -2.31. The molecule has 0 bridgehead atoms. The number of halogens is 1. The van der Waals surface area contributed by atoms with Gasteiger partial charge in [0, 0.05) is 48.6 Å². The molecule has 1 unspecified atom stereocenters. The second-order valence-corrected chi connectivity index (χ2v) is 18.3. The Hall–Kier alpha value is -5.55. The van der Waals surface area contributed by atoms with Crippen molar-refractivity contribution in [3.63, 3.8) is 0 Å². The third-order valence-electron chi connectivity index (χ3n) is 13.7. The Morgan fingerprint density at radius 1 is 1.00 bits per heavy atom. The van der Waals surface area contributed by atoms with Crippen LogP contribution in [0.4, 0.5) is 4.39 Å². The fourth-order valence-electron chi connectivity index (χ4n) is 9.07. The van der Waals surface area contributed by atoms with Crippen molar-refractivity contribution in [2.45, 2.75) is 144 Å². The summed E-state index contributed by atoms with van der Waals surface area (Å²) in [6.07, 6.45) is 3.99. The number of imide groups is 1. The molecule has 65 heavy (non-hydrogen) atoms. The highest BCUT2D eigenvalue weighted by Crippen LogP contribution is 2.42. The van der Waals surface area contributed by atoms with Crippen molar-refractivity contribution in [2.75, 3.05) is 19.9 Å². The fourth-order valence-corrected chi connectivity index (χ4v) is 9.07. The number of aliphatic hydroxyl groups is 1. The number of nitrogens with one attached hydrogen (secondary N) is 3. The van der Waals surface area contributed by atoms with Gasteiger partial charge in [0.1, 0.15) is 31.2 Å². The van der Waals surface area contributed by atoms with E-state index in [1.54, 1.807) is 26.8 Å². The lowest BCUT2D eigenvalue weighted by Crippen LogP contribution is -2.54. The van der Waals surface area contributed by atoms with Crippen LogP contribution in [0.5, 0.6) is 0 Å². The quantitative estimate of drug-likeness (QED) is 0.0386. The molecule has 1 aromatic carbocycles. The molecule has 4 N–H and O–H groups in total. The molecule has 16 nitrogen and oxygen atoms in total. The van der Waals surface area contributed by atoms with Crippen LogP contribution < -0.4 is 21.5 Å². The number of pyridine rings is 2. The number of esters is 1. The standard InChI is InChI=1S/C48H63FN6O10/c1-8-48(7,9-2)34-21-39(57)54(46(34)62)17-13-10-11-16-38(56)53-40(26(3)4)44(60)51-28(6)43(59)50-25-64-18-14-12-15-30-27(5)35(49)22-36-31(30)19-29-23-55-37(41(29)52-36)20-32-33(45(55)61)24-65-47(63)42(32)58/h19-20,22,26,28,34,40,42,58H,8-18,21,23-25H2,1-7H3,(H,50,59)(H,51,60)(H,53,56)/t28-,34?,40-,42-/m0/s1. The van der Waals surface area contributed by atoms with E-state index in [2.05, 4.69) is 22.9 Å². The summed E-state index contributed by atoms with van der Waals surface area (Å²) >= 11 is 0. The number of rotatable bonds is 21. The predicted octanol–water partition coefficient (Wildman–Crippen LogP) is 4.78. The molecule has 0 spiro atoms. The second-order valence-electron chi connectivity index (χ2n) is 18.3. The Bertz CT molecular complexity index is 2410. The van der Waals surface area contributed by atoms with Crippen LogP contribution >= 0.6 is 0 Å². The lowest BCUT2D eigenvalue weighted by atomic mass is 9.72. The highest BCUT2D eigenvalue weighted by atomic mass is 19.1. The van der Waals surface area contributed by atoms with Gasteiger partial charge >= 0.3 is 5.97 Å². The first-order chi connectivity index (χ1) is 30.9. The van der Waals surface area contributed by atoms with Crippen molar-refractivity contribution >= 4 is 46.4 Å². The van der Waals surface area contributed by atoms with E-state index in [0.717, 1.165) is 29.4 Å². The van der Waals surface area contributed by atoms with Crippen molar-refractivity contribution in [1.29, 1.82) is 0 Å². The Labute approximate surface area is 378 Å². The normalized spacial score (nSPS) is 17.8. The number of aromatic nitrogens is 2. The van der Waals surface area contributed by atoms with Crippen LogP contribution in [0.3, 0.4) is 0 Å². The number of cyclic esters (lactones) is 1. The fraction of sp³-hybridized carbons (Fsp3) is 0.583. The van der Waals surface area contributed by atoms with Gasteiger partial charge in [-0.05, 0) is 93.4 Å². The monoisotopic (exact) mass is 902 g/mol. The molecular formula is C48H63FN6O10. The number of carbonyl (C=O) groups excluding carboxylic acids is 6. The summed E-state index contributed by atoms with van der Waals surface area (Å²) in [5.74, 6) is -3.28. The van der Waals surface area contributed by atoms with Crippen LogP contribution in [0.15, 0.2) is 23.0 Å². The van der Waals surface area contributed by atoms with E-state index in [4.69, 9.17) is 14.5 Å². The number of fused-ring (bicyclic) bond motifs is 5. The first-order valence-electron chi connectivity index (χ1n) is 22.9. The number of hydrogen-bond acceptors (Lipinski definition) is 11. The van der Waals surface area contributed by atoms with Crippen LogP contribution in [0.2, 0.25) is 0 Å². The third-order valence-corrected chi connectivity index (χ3v) is 13.7.